The Bertz CT molecular complexity index is 428. The molecule has 1 aromatic heterocycles. The van der Waals surface area contributed by atoms with E-state index in [9.17, 15) is 0 Å². The SMILES string of the molecule is CCCCCNC(=NCCCc1nc(C(C)C)no1)NCC. The third-order valence-corrected chi connectivity index (χ3v) is 3.24. The van der Waals surface area contributed by atoms with Crippen LogP contribution in [0.4, 0.5) is 0 Å². The molecule has 0 aliphatic rings. The third kappa shape index (κ3) is 7.43. The molecule has 0 fully saturated rings. The van der Waals surface area contributed by atoms with Crippen molar-refractivity contribution >= 4 is 5.96 Å². The first-order chi connectivity index (χ1) is 10.7. The van der Waals surface area contributed by atoms with E-state index in [-0.39, 0.29) is 0 Å². The van der Waals surface area contributed by atoms with Gasteiger partial charge in [-0.2, -0.15) is 4.98 Å². The number of hydrogen-bond acceptors (Lipinski definition) is 4. The predicted molar refractivity (Wildman–Crippen MR) is 90.2 cm³/mol. The van der Waals surface area contributed by atoms with Crippen LogP contribution in [0.25, 0.3) is 0 Å². The van der Waals surface area contributed by atoms with Gasteiger partial charge in [-0.3, -0.25) is 4.99 Å². The van der Waals surface area contributed by atoms with Gasteiger partial charge in [0.05, 0.1) is 0 Å². The zero-order valence-corrected chi connectivity index (χ0v) is 14.5. The summed E-state index contributed by atoms with van der Waals surface area (Å²) >= 11 is 0. The Morgan fingerprint density at radius 3 is 2.64 bits per heavy atom. The lowest BCUT2D eigenvalue weighted by Crippen LogP contribution is -2.37. The molecule has 0 saturated heterocycles. The number of guanidine groups is 1. The lowest BCUT2D eigenvalue weighted by Gasteiger charge is -2.10. The monoisotopic (exact) mass is 309 g/mol. The van der Waals surface area contributed by atoms with Crippen LogP contribution < -0.4 is 10.6 Å². The number of aryl methyl sites for hydroxylation is 1. The maximum absolute atomic E-state index is 5.23. The third-order valence-electron chi connectivity index (χ3n) is 3.24. The summed E-state index contributed by atoms with van der Waals surface area (Å²) < 4.78 is 5.23. The van der Waals surface area contributed by atoms with Crippen LogP contribution in [0.1, 0.15) is 71.0 Å². The topological polar surface area (TPSA) is 75.3 Å². The van der Waals surface area contributed by atoms with Crippen molar-refractivity contribution in [3.8, 4) is 0 Å². The molecular weight excluding hydrogens is 278 g/mol. The van der Waals surface area contributed by atoms with E-state index in [0.717, 1.165) is 44.3 Å². The van der Waals surface area contributed by atoms with Crippen LogP contribution in [-0.2, 0) is 6.42 Å². The second-order valence-corrected chi connectivity index (χ2v) is 5.70. The Balaban J connectivity index is 2.29. The van der Waals surface area contributed by atoms with E-state index in [1.807, 2.05) is 0 Å². The normalized spacial score (nSPS) is 12.0. The van der Waals surface area contributed by atoms with Crippen molar-refractivity contribution in [2.75, 3.05) is 19.6 Å². The summed E-state index contributed by atoms with van der Waals surface area (Å²) in [6.07, 6.45) is 5.35. The van der Waals surface area contributed by atoms with Gasteiger partial charge in [0.1, 0.15) is 0 Å². The maximum atomic E-state index is 5.23. The van der Waals surface area contributed by atoms with Gasteiger partial charge in [0, 0.05) is 32.0 Å². The molecule has 1 rings (SSSR count). The molecule has 22 heavy (non-hydrogen) atoms. The van der Waals surface area contributed by atoms with Crippen molar-refractivity contribution in [1.82, 2.24) is 20.8 Å². The van der Waals surface area contributed by atoms with Crippen LogP contribution in [0.5, 0.6) is 0 Å². The zero-order valence-electron chi connectivity index (χ0n) is 14.5. The Morgan fingerprint density at radius 1 is 1.18 bits per heavy atom. The van der Waals surface area contributed by atoms with Gasteiger partial charge in [0.25, 0.3) is 0 Å². The first kappa shape index (κ1) is 18.5. The van der Waals surface area contributed by atoms with E-state index in [0.29, 0.717) is 11.8 Å². The standard InChI is InChI=1S/C16H31N5O/c1-5-7-8-11-18-16(17-6-2)19-12-9-10-14-20-15(13(3)4)21-22-14/h13H,5-12H2,1-4H3,(H2,17,18,19). The molecule has 6 heteroatoms. The van der Waals surface area contributed by atoms with Gasteiger partial charge in [-0.25, -0.2) is 0 Å². The van der Waals surface area contributed by atoms with E-state index in [1.165, 1.54) is 19.3 Å². The van der Waals surface area contributed by atoms with Crippen molar-refractivity contribution in [3.63, 3.8) is 0 Å². The summed E-state index contributed by atoms with van der Waals surface area (Å²) in [5, 5.41) is 10.6. The molecule has 1 aromatic rings. The Labute approximate surface area is 134 Å². The minimum absolute atomic E-state index is 0.309. The van der Waals surface area contributed by atoms with Crippen LogP contribution in [0.15, 0.2) is 9.52 Å². The van der Waals surface area contributed by atoms with E-state index < -0.39 is 0 Å². The Hall–Kier alpha value is -1.59. The molecule has 6 nitrogen and oxygen atoms in total. The molecule has 0 radical (unpaired) electrons. The molecule has 1 heterocycles. The number of hydrogen-bond donors (Lipinski definition) is 2. The minimum atomic E-state index is 0.309. The Kier molecular flexibility index (Phi) is 9.26. The smallest absolute Gasteiger partial charge is 0.226 e. The molecule has 0 aromatic carbocycles. The second kappa shape index (κ2) is 11.0. The number of nitrogens with one attached hydrogen (secondary N) is 2. The fraction of sp³-hybridized carbons (Fsp3) is 0.812. The summed E-state index contributed by atoms with van der Waals surface area (Å²) in [4.78, 5) is 8.95. The number of rotatable bonds is 10. The second-order valence-electron chi connectivity index (χ2n) is 5.70. The van der Waals surface area contributed by atoms with Gasteiger partial charge in [-0.05, 0) is 19.8 Å². The van der Waals surface area contributed by atoms with Crippen molar-refractivity contribution in [2.24, 2.45) is 4.99 Å². The zero-order chi connectivity index (χ0) is 16.2. The molecule has 0 amide bonds. The van der Waals surface area contributed by atoms with E-state index in [1.54, 1.807) is 0 Å². The quantitative estimate of drug-likeness (QED) is 0.395. The van der Waals surface area contributed by atoms with Gasteiger partial charge in [0.15, 0.2) is 11.8 Å². The van der Waals surface area contributed by atoms with Crippen LogP contribution in [0, 0.1) is 0 Å². The lowest BCUT2D eigenvalue weighted by molar-refractivity contribution is 0.369. The first-order valence-corrected chi connectivity index (χ1v) is 8.52. The maximum Gasteiger partial charge on any atom is 0.226 e. The van der Waals surface area contributed by atoms with Crippen molar-refractivity contribution in [1.29, 1.82) is 0 Å². The molecule has 0 spiro atoms. The summed E-state index contributed by atoms with van der Waals surface area (Å²) in [5.41, 5.74) is 0. The van der Waals surface area contributed by atoms with Crippen LogP contribution in [-0.4, -0.2) is 35.7 Å². The fourth-order valence-electron chi connectivity index (χ4n) is 1.95. The van der Waals surface area contributed by atoms with Gasteiger partial charge >= 0.3 is 0 Å². The number of nitrogens with zero attached hydrogens (tertiary/aromatic N) is 3. The molecule has 2 N–H and O–H groups in total. The average Bonchev–Trinajstić information content (AvgIpc) is 2.97. The van der Waals surface area contributed by atoms with Gasteiger partial charge in [-0.15, -0.1) is 0 Å². The van der Waals surface area contributed by atoms with E-state index >= 15 is 0 Å². The fourth-order valence-corrected chi connectivity index (χ4v) is 1.95. The predicted octanol–water partition coefficient (Wildman–Crippen LogP) is 2.87. The first-order valence-electron chi connectivity index (χ1n) is 8.52. The summed E-state index contributed by atoms with van der Waals surface area (Å²) in [6, 6.07) is 0. The lowest BCUT2D eigenvalue weighted by atomic mass is 10.2. The van der Waals surface area contributed by atoms with Crippen LogP contribution in [0.2, 0.25) is 0 Å². The molecular formula is C16H31N5O. The van der Waals surface area contributed by atoms with Crippen LogP contribution >= 0.6 is 0 Å². The molecule has 0 unspecified atom stereocenters. The van der Waals surface area contributed by atoms with Crippen molar-refractivity contribution < 1.29 is 4.52 Å². The largest absolute Gasteiger partial charge is 0.357 e. The number of aliphatic imine (C=N–C) groups is 1. The van der Waals surface area contributed by atoms with Crippen LogP contribution in [0.3, 0.4) is 0 Å². The number of unbranched alkanes of at least 4 members (excludes halogenated alkanes) is 2. The molecule has 0 bridgehead atoms. The highest BCUT2D eigenvalue weighted by Crippen LogP contribution is 2.10. The summed E-state index contributed by atoms with van der Waals surface area (Å²) in [7, 11) is 0. The Morgan fingerprint density at radius 2 is 2.00 bits per heavy atom. The summed E-state index contributed by atoms with van der Waals surface area (Å²) in [5.74, 6) is 2.69. The highest BCUT2D eigenvalue weighted by atomic mass is 16.5. The highest BCUT2D eigenvalue weighted by molar-refractivity contribution is 5.79. The minimum Gasteiger partial charge on any atom is -0.357 e. The van der Waals surface area contributed by atoms with Gasteiger partial charge in [0.2, 0.25) is 5.89 Å². The molecule has 0 atom stereocenters. The average molecular weight is 309 g/mol. The van der Waals surface area contributed by atoms with Crippen molar-refractivity contribution in [2.45, 2.75) is 65.7 Å². The van der Waals surface area contributed by atoms with Crippen molar-refractivity contribution in [3.05, 3.63) is 11.7 Å². The van der Waals surface area contributed by atoms with E-state index in [4.69, 9.17) is 4.52 Å². The molecule has 126 valence electrons. The number of aromatic nitrogens is 2. The van der Waals surface area contributed by atoms with Gasteiger partial charge in [-0.1, -0.05) is 38.8 Å². The highest BCUT2D eigenvalue weighted by Gasteiger charge is 2.08. The summed E-state index contributed by atoms with van der Waals surface area (Å²) in [6.45, 7) is 11.0. The molecule has 0 aliphatic carbocycles. The molecule has 0 saturated carbocycles. The molecule has 0 aliphatic heterocycles. The van der Waals surface area contributed by atoms with E-state index in [2.05, 4.69) is 53.5 Å². The van der Waals surface area contributed by atoms with Gasteiger partial charge < -0.3 is 15.2 Å².